The third-order valence-corrected chi connectivity index (χ3v) is 4.55. The molecule has 0 fully saturated rings. The molecular weight excluding hydrogens is 324 g/mol. The Kier molecular flexibility index (Phi) is 3.81. The minimum Gasteiger partial charge on any atom is -0.347 e. The molecule has 0 spiro atoms. The van der Waals surface area contributed by atoms with E-state index in [-0.39, 0.29) is 0 Å². The Labute approximate surface area is 132 Å². The molecule has 0 saturated heterocycles. The number of benzene rings is 2. The average Bonchev–Trinajstić information content (AvgIpc) is 2.86. The largest absolute Gasteiger partial charge is 0.347 e. The van der Waals surface area contributed by atoms with Crippen molar-refractivity contribution >= 4 is 26.8 Å². The zero-order chi connectivity index (χ0) is 14.8. The van der Waals surface area contributed by atoms with E-state index in [4.69, 9.17) is 5.26 Å². The molecule has 1 aromatic heterocycles. The summed E-state index contributed by atoms with van der Waals surface area (Å²) >= 11 is 3.61. The lowest BCUT2D eigenvalue weighted by atomic mass is 10.0. The molecule has 0 N–H and O–H groups in total. The second-order valence-corrected chi connectivity index (χ2v) is 5.91. The first-order chi connectivity index (χ1) is 10.2. The summed E-state index contributed by atoms with van der Waals surface area (Å²) in [6.45, 7) is 3.03. The third kappa shape index (κ3) is 2.59. The van der Waals surface area contributed by atoms with Gasteiger partial charge in [-0.1, -0.05) is 40.2 Å². The number of nitriles is 1. The fourth-order valence-electron chi connectivity index (χ4n) is 2.69. The topological polar surface area (TPSA) is 28.7 Å². The molecule has 2 nitrogen and oxygen atoms in total. The molecule has 0 atom stereocenters. The quantitative estimate of drug-likeness (QED) is 0.668. The van der Waals surface area contributed by atoms with Crippen LogP contribution in [-0.2, 0) is 13.0 Å². The highest BCUT2D eigenvalue weighted by molar-refractivity contribution is 9.10. The van der Waals surface area contributed by atoms with Gasteiger partial charge in [-0.25, -0.2) is 0 Å². The van der Waals surface area contributed by atoms with Gasteiger partial charge in [-0.2, -0.15) is 5.26 Å². The summed E-state index contributed by atoms with van der Waals surface area (Å²) < 4.78 is 3.35. The molecular formula is C18H15BrN2. The van der Waals surface area contributed by atoms with E-state index >= 15 is 0 Å². The zero-order valence-electron chi connectivity index (χ0n) is 11.8. The molecule has 0 bridgehead atoms. The van der Waals surface area contributed by atoms with Gasteiger partial charge in [0.1, 0.15) is 0 Å². The second-order valence-electron chi connectivity index (χ2n) is 5.05. The highest BCUT2D eigenvalue weighted by atomic mass is 79.9. The number of nitrogens with zero attached hydrogens (tertiary/aromatic N) is 2. The van der Waals surface area contributed by atoms with Crippen molar-refractivity contribution in [2.45, 2.75) is 19.9 Å². The Morgan fingerprint density at radius 3 is 2.67 bits per heavy atom. The van der Waals surface area contributed by atoms with Gasteiger partial charge in [0.05, 0.1) is 11.6 Å². The Morgan fingerprint density at radius 2 is 1.95 bits per heavy atom. The summed E-state index contributed by atoms with van der Waals surface area (Å²) in [7, 11) is 0. The maximum Gasteiger partial charge on any atom is 0.0992 e. The van der Waals surface area contributed by atoms with Gasteiger partial charge in [-0.15, -0.1) is 0 Å². The van der Waals surface area contributed by atoms with Gasteiger partial charge in [0.15, 0.2) is 0 Å². The number of hydrogen-bond donors (Lipinski definition) is 0. The monoisotopic (exact) mass is 338 g/mol. The highest BCUT2D eigenvalue weighted by Gasteiger charge is 2.10. The van der Waals surface area contributed by atoms with E-state index in [2.05, 4.69) is 64.0 Å². The minimum atomic E-state index is 0.711. The number of rotatable bonds is 3. The van der Waals surface area contributed by atoms with Crippen LogP contribution in [0.25, 0.3) is 10.9 Å². The van der Waals surface area contributed by atoms with Crippen molar-refractivity contribution in [3.63, 3.8) is 0 Å². The van der Waals surface area contributed by atoms with Crippen LogP contribution in [0.1, 0.15) is 23.6 Å². The standard InChI is InChI=1S/C18H15BrN2/c1-2-21-12-15(10-14-5-3-4-6-17(14)19)16-8-7-13(11-20)9-18(16)21/h3-9,12H,2,10H2,1H3. The Bertz CT molecular complexity index is 840. The molecule has 3 rings (SSSR count). The molecule has 3 heteroatoms. The number of hydrogen-bond acceptors (Lipinski definition) is 1. The number of halogens is 1. The molecule has 0 aliphatic heterocycles. The molecule has 1 heterocycles. The first-order valence-corrected chi connectivity index (χ1v) is 7.77. The van der Waals surface area contributed by atoms with Gasteiger partial charge >= 0.3 is 0 Å². The SMILES string of the molecule is CCn1cc(Cc2ccccc2Br)c2ccc(C#N)cc21. The van der Waals surface area contributed by atoms with Crippen LogP contribution in [0, 0.1) is 11.3 Å². The van der Waals surface area contributed by atoms with E-state index < -0.39 is 0 Å². The molecule has 21 heavy (non-hydrogen) atoms. The van der Waals surface area contributed by atoms with Crippen molar-refractivity contribution in [2.24, 2.45) is 0 Å². The van der Waals surface area contributed by atoms with E-state index in [1.807, 2.05) is 18.2 Å². The lowest BCUT2D eigenvalue weighted by Crippen LogP contribution is -1.91. The van der Waals surface area contributed by atoms with E-state index in [0.29, 0.717) is 5.56 Å². The van der Waals surface area contributed by atoms with Crippen LogP contribution < -0.4 is 0 Å². The van der Waals surface area contributed by atoms with Crippen molar-refractivity contribution in [3.05, 3.63) is 69.8 Å². The Hall–Kier alpha value is -2.05. The predicted octanol–water partition coefficient (Wildman–Crippen LogP) is 4.89. The molecule has 3 aromatic rings. The van der Waals surface area contributed by atoms with Gasteiger partial charge in [0.25, 0.3) is 0 Å². The number of aromatic nitrogens is 1. The smallest absolute Gasteiger partial charge is 0.0992 e. The molecule has 0 aliphatic rings. The molecule has 0 saturated carbocycles. The summed E-state index contributed by atoms with van der Waals surface area (Å²) in [6, 6.07) is 16.5. The van der Waals surface area contributed by atoms with Crippen molar-refractivity contribution < 1.29 is 0 Å². The second kappa shape index (κ2) is 5.75. The van der Waals surface area contributed by atoms with E-state index in [9.17, 15) is 0 Å². The molecule has 0 radical (unpaired) electrons. The van der Waals surface area contributed by atoms with Crippen LogP contribution in [0.15, 0.2) is 53.1 Å². The maximum atomic E-state index is 9.07. The van der Waals surface area contributed by atoms with Crippen LogP contribution in [0.2, 0.25) is 0 Å². The molecule has 0 amide bonds. The van der Waals surface area contributed by atoms with Crippen LogP contribution in [0.4, 0.5) is 0 Å². The van der Waals surface area contributed by atoms with E-state index in [1.165, 1.54) is 16.5 Å². The maximum absolute atomic E-state index is 9.07. The first kappa shape index (κ1) is 13.9. The lowest BCUT2D eigenvalue weighted by molar-refractivity contribution is 0.793. The molecule has 0 aliphatic carbocycles. The van der Waals surface area contributed by atoms with Crippen molar-refractivity contribution in [1.29, 1.82) is 5.26 Å². The summed E-state index contributed by atoms with van der Waals surface area (Å²) in [5.74, 6) is 0. The normalized spacial score (nSPS) is 10.7. The van der Waals surface area contributed by atoms with Gasteiger partial charge in [0.2, 0.25) is 0 Å². The summed E-state index contributed by atoms with van der Waals surface area (Å²) in [4.78, 5) is 0. The van der Waals surface area contributed by atoms with Crippen LogP contribution in [-0.4, -0.2) is 4.57 Å². The zero-order valence-corrected chi connectivity index (χ0v) is 13.4. The molecule has 0 unspecified atom stereocenters. The van der Waals surface area contributed by atoms with Gasteiger partial charge in [-0.3, -0.25) is 0 Å². The van der Waals surface area contributed by atoms with E-state index in [1.54, 1.807) is 0 Å². The van der Waals surface area contributed by atoms with Gasteiger partial charge < -0.3 is 4.57 Å². The predicted molar refractivity (Wildman–Crippen MR) is 89.3 cm³/mol. The first-order valence-electron chi connectivity index (χ1n) is 6.98. The number of fused-ring (bicyclic) bond motifs is 1. The van der Waals surface area contributed by atoms with Gasteiger partial charge in [-0.05, 0) is 36.2 Å². The third-order valence-electron chi connectivity index (χ3n) is 3.77. The fourth-order valence-corrected chi connectivity index (χ4v) is 3.11. The Balaban J connectivity index is 2.11. The van der Waals surface area contributed by atoms with Crippen molar-refractivity contribution in [1.82, 2.24) is 4.57 Å². The van der Waals surface area contributed by atoms with Crippen LogP contribution in [0.5, 0.6) is 0 Å². The van der Waals surface area contributed by atoms with E-state index in [0.717, 1.165) is 23.0 Å². The molecule has 2 aromatic carbocycles. The minimum absolute atomic E-state index is 0.711. The summed E-state index contributed by atoms with van der Waals surface area (Å²) in [5, 5.41) is 10.3. The summed E-state index contributed by atoms with van der Waals surface area (Å²) in [5.41, 5.74) is 4.42. The average molecular weight is 339 g/mol. The fraction of sp³-hybridized carbons (Fsp3) is 0.167. The highest BCUT2D eigenvalue weighted by Crippen LogP contribution is 2.27. The lowest BCUT2D eigenvalue weighted by Gasteiger charge is -2.03. The van der Waals surface area contributed by atoms with Gasteiger partial charge in [0, 0.05) is 34.5 Å². The molecule has 104 valence electrons. The van der Waals surface area contributed by atoms with Crippen LogP contribution in [0.3, 0.4) is 0 Å². The van der Waals surface area contributed by atoms with Crippen molar-refractivity contribution in [3.8, 4) is 6.07 Å². The summed E-state index contributed by atoms with van der Waals surface area (Å²) in [6.07, 6.45) is 3.09. The van der Waals surface area contributed by atoms with Crippen molar-refractivity contribution in [2.75, 3.05) is 0 Å². The Morgan fingerprint density at radius 1 is 1.14 bits per heavy atom. The van der Waals surface area contributed by atoms with Crippen LogP contribution >= 0.6 is 15.9 Å². The number of aryl methyl sites for hydroxylation is 1.